The zero-order valence-electron chi connectivity index (χ0n) is 14.6. The van der Waals surface area contributed by atoms with E-state index in [1.54, 1.807) is 7.05 Å². The van der Waals surface area contributed by atoms with Crippen LogP contribution < -0.4 is 4.31 Å². The van der Waals surface area contributed by atoms with Gasteiger partial charge < -0.3 is 0 Å². The molecule has 1 spiro atoms. The molecule has 2 aliphatic rings. The van der Waals surface area contributed by atoms with E-state index in [-0.39, 0.29) is 0 Å². The van der Waals surface area contributed by atoms with E-state index in [1.165, 1.54) is 4.31 Å². The van der Waals surface area contributed by atoms with Crippen LogP contribution in [0.25, 0.3) is 0 Å². The summed E-state index contributed by atoms with van der Waals surface area (Å²) in [5.74, 6) is 0. The molecular weight excluding hydrogens is 334 g/mol. The normalized spacial score (nSPS) is 21.4. The van der Waals surface area contributed by atoms with Crippen molar-refractivity contribution >= 4 is 15.7 Å². The molecule has 0 bridgehead atoms. The first-order chi connectivity index (χ1) is 11.9. The number of likely N-dealkylation sites (tertiary alicyclic amines) is 1. The van der Waals surface area contributed by atoms with Crippen molar-refractivity contribution in [3.63, 3.8) is 0 Å². The summed E-state index contributed by atoms with van der Waals surface area (Å²) in [6, 6.07) is 13.8. The highest BCUT2D eigenvalue weighted by atomic mass is 32.2. The van der Waals surface area contributed by atoms with Gasteiger partial charge in [0.1, 0.15) is 4.75 Å². The van der Waals surface area contributed by atoms with Crippen LogP contribution in [0.1, 0.15) is 29.8 Å². The minimum Gasteiger partial charge on any atom is -0.297 e. The molecule has 0 aliphatic carbocycles. The smallest absolute Gasteiger partial charge is 0.245 e. The molecule has 0 saturated carbocycles. The van der Waals surface area contributed by atoms with Crippen LogP contribution in [0.2, 0.25) is 0 Å². The number of hydrogen-bond acceptors (Lipinski definition) is 4. The maximum atomic E-state index is 13.1. The molecule has 0 radical (unpaired) electrons. The summed E-state index contributed by atoms with van der Waals surface area (Å²) < 4.78 is 27.0. The van der Waals surface area contributed by atoms with E-state index in [0.717, 1.165) is 42.3 Å². The minimum atomic E-state index is -3.36. The quantitative estimate of drug-likeness (QED) is 0.829. The zero-order chi connectivity index (χ0) is 17.7. The van der Waals surface area contributed by atoms with Crippen molar-refractivity contribution in [2.24, 2.45) is 0 Å². The highest BCUT2D eigenvalue weighted by Gasteiger charge is 2.55. The van der Waals surface area contributed by atoms with Crippen molar-refractivity contribution in [2.45, 2.75) is 31.1 Å². The van der Waals surface area contributed by atoms with Crippen molar-refractivity contribution in [3.8, 4) is 0 Å². The number of rotatable bonds is 2. The number of anilines is 1. The van der Waals surface area contributed by atoms with Gasteiger partial charge in [0.2, 0.25) is 10.0 Å². The maximum absolute atomic E-state index is 13.1. The summed E-state index contributed by atoms with van der Waals surface area (Å²) in [4.78, 5) is 6.87. The van der Waals surface area contributed by atoms with Gasteiger partial charge in [0.05, 0.1) is 11.4 Å². The largest absolute Gasteiger partial charge is 0.297 e. The molecule has 0 amide bonds. The van der Waals surface area contributed by atoms with Gasteiger partial charge in [-0.25, -0.2) is 8.42 Å². The van der Waals surface area contributed by atoms with Crippen molar-refractivity contribution in [1.29, 1.82) is 0 Å². The lowest BCUT2D eigenvalue weighted by Crippen LogP contribution is -2.47. The number of para-hydroxylation sites is 1. The van der Waals surface area contributed by atoms with Crippen molar-refractivity contribution in [3.05, 3.63) is 59.4 Å². The summed E-state index contributed by atoms with van der Waals surface area (Å²) in [5.41, 5.74) is 3.85. The van der Waals surface area contributed by atoms with Gasteiger partial charge in [0.15, 0.2) is 0 Å². The molecule has 3 heterocycles. The lowest BCUT2D eigenvalue weighted by atomic mass is 9.87. The van der Waals surface area contributed by atoms with Crippen molar-refractivity contribution in [2.75, 3.05) is 24.4 Å². The molecule has 0 N–H and O–H groups in total. The third-order valence-corrected chi connectivity index (χ3v) is 8.12. The second-order valence-electron chi connectivity index (χ2n) is 7.03. The molecule has 0 atom stereocenters. The number of aromatic nitrogens is 1. The average molecular weight is 357 g/mol. The number of piperidine rings is 1. The van der Waals surface area contributed by atoms with Gasteiger partial charge in [-0.1, -0.05) is 24.3 Å². The number of benzene rings is 1. The first-order valence-electron chi connectivity index (χ1n) is 8.67. The fourth-order valence-electron chi connectivity index (χ4n) is 4.18. The van der Waals surface area contributed by atoms with Crippen LogP contribution in [-0.4, -0.2) is 38.4 Å². The van der Waals surface area contributed by atoms with Gasteiger partial charge in [-0.3, -0.25) is 14.2 Å². The average Bonchev–Trinajstić information content (AvgIpc) is 2.76. The molecule has 0 unspecified atom stereocenters. The Labute approximate surface area is 149 Å². The SMILES string of the molecule is Cc1cccc(CN2CCC3(CC2)c2ccccc2N(C)S3(=O)=O)n1. The number of nitrogens with zero attached hydrogens (tertiary/aromatic N) is 3. The van der Waals surface area contributed by atoms with E-state index >= 15 is 0 Å². The first kappa shape index (κ1) is 16.5. The van der Waals surface area contributed by atoms with Crippen LogP contribution in [0.4, 0.5) is 5.69 Å². The van der Waals surface area contributed by atoms with Crippen LogP contribution in [0.15, 0.2) is 42.5 Å². The summed E-state index contributed by atoms with van der Waals surface area (Å²) in [6.45, 7) is 4.29. The number of sulfonamides is 1. The Hall–Kier alpha value is -1.92. The summed E-state index contributed by atoms with van der Waals surface area (Å²) >= 11 is 0. The Bertz CT molecular complexity index is 902. The molecule has 6 heteroatoms. The molecule has 132 valence electrons. The number of fused-ring (bicyclic) bond motifs is 2. The van der Waals surface area contributed by atoms with E-state index in [2.05, 4.69) is 9.88 Å². The highest BCUT2D eigenvalue weighted by molar-refractivity contribution is 7.94. The topological polar surface area (TPSA) is 53.5 Å². The van der Waals surface area contributed by atoms with E-state index in [4.69, 9.17) is 0 Å². The maximum Gasteiger partial charge on any atom is 0.245 e. The molecule has 1 saturated heterocycles. The van der Waals surface area contributed by atoms with Gasteiger partial charge in [-0.05, 0) is 43.5 Å². The lowest BCUT2D eigenvalue weighted by molar-refractivity contribution is 0.187. The van der Waals surface area contributed by atoms with E-state index in [1.807, 2.05) is 49.4 Å². The van der Waals surface area contributed by atoms with Crippen LogP contribution >= 0.6 is 0 Å². The second-order valence-corrected chi connectivity index (χ2v) is 9.31. The Morgan fingerprint density at radius 1 is 1.08 bits per heavy atom. The molecule has 5 nitrogen and oxygen atoms in total. The third-order valence-electron chi connectivity index (χ3n) is 5.58. The standard InChI is InChI=1S/C19H23N3O2S/c1-15-6-5-7-16(20-15)14-22-12-10-19(11-13-22)17-8-3-4-9-18(17)21(2)25(19,23)24/h3-9H,10-14H2,1-2H3. The zero-order valence-corrected chi connectivity index (χ0v) is 15.5. The number of aryl methyl sites for hydroxylation is 1. The van der Waals surface area contributed by atoms with Gasteiger partial charge in [0.25, 0.3) is 0 Å². The van der Waals surface area contributed by atoms with Gasteiger partial charge in [-0.15, -0.1) is 0 Å². The fraction of sp³-hybridized carbons (Fsp3) is 0.421. The van der Waals surface area contributed by atoms with Crippen LogP contribution in [0.3, 0.4) is 0 Å². The third kappa shape index (κ3) is 2.47. The Morgan fingerprint density at radius 2 is 1.80 bits per heavy atom. The molecule has 25 heavy (non-hydrogen) atoms. The summed E-state index contributed by atoms with van der Waals surface area (Å²) in [6.07, 6.45) is 1.25. The molecule has 1 fully saturated rings. The van der Waals surface area contributed by atoms with E-state index < -0.39 is 14.8 Å². The van der Waals surface area contributed by atoms with Crippen molar-refractivity contribution < 1.29 is 8.42 Å². The molecule has 2 aliphatic heterocycles. The molecule has 2 aromatic rings. The number of pyridine rings is 1. The first-order valence-corrected chi connectivity index (χ1v) is 10.1. The Kier molecular flexibility index (Phi) is 3.85. The molecule has 1 aromatic heterocycles. The Balaban J connectivity index is 1.58. The van der Waals surface area contributed by atoms with E-state index in [9.17, 15) is 8.42 Å². The van der Waals surface area contributed by atoms with E-state index in [0.29, 0.717) is 12.8 Å². The fourth-order valence-corrected chi connectivity index (χ4v) is 6.27. The van der Waals surface area contributed by atoms with Crippen molar-refractivity contribution in [1.82, 2.24) is 9.88 Å². The van der Waals surface area contributed by atoms with Crippen LogP contribution in [0.5, 0.6) is 0 Å². The van der Waals surface area contributed by atoms with Crippen LogP contribution in [0, 0.1) is 6.92 Å². The second kappa shape index (κ2) is 5.81. The molecular formula is C19H23N3O2S. The Morgan fingerprint density at radius 3 is 2.52 bits per heavy atom. The molecule has 1 aromatic carbocycles. The summed E-state index contributed by atoms with van der Waals surface area (Å²) in [5, 5.41) is 0. The predicted molar refractivity (Wildman–Crippen MR) is 98.9 cm³/mol. The predicted octanol–water partition coefficient (Wildman–Crippen LogP) is 2.66. The van der Waals surface area contributed by atoms with Crippen LogP contribution in [-0.2, 0) is 21.3 Å². The minimum absolute atomic E-state index is 0.627. The monoisotopic (exact) mass is 357 g/mol. The molecule has 4 rings (SSSR count). The van der Waals surface area contributed by atoms with Gasteiger partial charge in [-0.2, -0.15) is 0 Å². The lowest BCUT2D eigenvalue weighted by Gasteiger charge is -2.38. The summed E-state index contributed by atoms with van der Waals surface area (Å²) in [7, 11) is -1.69. The van der Waals surface area contributed by atoms with Gasteiger partial charge in [0, 0.05) is 32.4 Å². The highest BCUT2D eigenvalue weighted by Crippen LogP contribution is 2.51. The van der Waals surface area contributed by atoms with Gasteiger partial charge >= 0.3 is 0 Å². The number of hydrogen-bond donors (Lipinski definition) is 0.